The standard InChI is InChI=1S/C18H23ClN4O3S/c1-2-9-27(25,26)23-16(10-13-3-6-15(19)7-4-13)18(24)22-12-14-5-8-17(20)21-11-14/h3-8,11,16,23H,2,9-10,12H2,1H3,(H2,20,21)(H,22,24)/t16-/m0/s1. The zero-order valence-corrected chi connectivity index (χ0v) is 16.6. The van der Waals surface area contributed by atoms with Gasteiger partial charge in [0, 0.05) is 17.8 Å². The molecule has 9 heteroatoms. The number of anilines is 1. The van der Waals surface area contributed by atoms with Crippen molar-refractivity contribution in [2.24, 2.45) is 0 Å². The number of rotatable bonds is 9. The molecule has 4 N–H and O–H groups in total. The number of amides is 1. The number of pyridine rings is 1. The minimum atomic E-state index is -3.56. The first-order chi connectivity index (χ1) is 12.8. The highest BCUT2D eigenvalue weighted by atomic mass is 35.5. The summed E-state index contributed by atoms with van der Waals surface area (Å²) >= 11 is 5.88. The van der Waals surface area contributed by atoms with E-state index in [9.17, 15) is 13.2 Å². The Morgan fingerprint density at radius 3 is 2.44 bits per heavy atom. The predicted octanol–water partition coefficient (Wildman–Crippen LogP) is 1.87. The molecule has 1 aromatic heterocycles. The van der Waals surface area contributed by atoms with Gasteiger partial charge in [-0.05, 0) is 42.2 Å². The topological polar surface area (TPSA) is 114 Å². The minimum Gasteiger partial charge on any atom is -0.384 e. The Bertz CT molecular complexity index is 855. The van der Waals surface area contributed by atoms with Crippen LogP contribution in [0.1, 0.15) is 24.5 Å². The fourth-order valence-corrected chi connectivity index (χ4v) is 3.85. The number of benzene rings is 1. The van der Waals surface area contributed by atoms with Crippen LogP contribution in [-0.4, -0.2) is 31.1 Å². The second-order valence-corrected chi connectivity index (χ2v) is 8.44. The number of nitrogens with two attached hydrogens (primary N) is 1. The normalized spacial score (nSPS) is 12.5. The van der Waals surface area contributed by atoms with Crippen LogP contribution in [0.2, 0.25) is 5.02 Å². The van der Waals surface area contributed by atoms with E-state index in [-0.39, 0.29) is 18.7 Å². The van der Waals surface area contributed by atoms with Crippen LogP contribution in [0.15, 0.2) is 42.6 Å². The van der Waals surface area contributed by atoms with E-state index in [2.05, 4.69) is 15.0 Å². The Balaban J connectivity index is 2.10. The average molecular weight is 411 g/mol. The van der Waals surface area contributed by atoms with Crippen molar-refractivity contribution in [2.45, 2.75) is 32.4 Å². The molecular weight excluding hydrogens is 388 g/mol. The summed E-state index contributed by atoms with van der Waals surface area (Å²) in [7, 11) is -3.56. The Hall–Kier alpha value is -2.16. The van der Waals surface area contributed by atoms with Crippen molar-refractivity contribution in [3.8, 4) is 0 Å². The Kier molecular flexibility index (Phi) is 7.58. The molecule has 0 aliphatic carbocycles. The number of sulfonamides is 1. The van der Waals surface area contributed by atoms with Gasteiger partial charge < -0.3 is 11.1 Å². The molecule has 0 spiro atoms. The summed E-state index contributed by atoms with van der Waals surface area (Å²) in [5, 5.41) is 3.31. The van der Waals surface area contributed by atoms with Crippen molar-refractivity contribution < 1.29 is 13.2 Å². The monoisotopic (exact) mass is 410 g/mol. The number of halogens is 1. The number of hydrogen-bond donors (Lipinski definition) is 3. The molecule has 0 fully saturated rings. The van der Waals surface area contributed by atoms with Gasteiger partial charge in [0.05, 0.1) is 5.75 Å². The minimum absolute atomic E-state index is 0.0424. The van der Waals surface area contributed by atoms with E-state index in [0.29, 0.717) is 17.3 Å². The fourth-order valence-electron chi connectivity index (χ4n) is 2.44. The van der Waals surface area contributed by atoms with Crippen LogP contribution in [0.25, 0.3) is 0 Å². The molecule has 0 saturated carbocycles. The summed E-state index contributed by atoms with van der Waals surface area (Å²) in [5.74, 6) is -0.0706. The van der Waals surface area contributed by atoms with Crippen LogP contribution in [0.3, 0.4) is 0 Å². The van der Waals surface area contributed by atoms with Gasteiger partial charge >= 0.3 is 0 Å². The molecule has 0 bridgehead atoms. The van der Waals surface area contributed by atoms with Gasteiger partial charge in [0.15, 0.2) is 0 Å². The molecule has 1 atom stereocenters. The van der Waals surface area contributed by atoms with E-state index in [0.717, 1.165) is 11.1 Å². The van der Waals surface area contributed by atoms with Crippen LogP contribution >= 0.6 is 11.6 Å². The highest BCUT2D eigenvalue weighted by Gasteiger charge is 2.24. The highest BCUT2D eigenvalue weighted by Crippen LogP contribution is 2.12. The maximum Gasteiger partial charge on any atom is 0.238 e. The second kappa shape index (κ2) is 9.68. The summed E-state index contributed by atoms with van der Waals surface area (Å²) in [4.78, 5) is 16.6. The lowest BCUT2D eigenvalue weighted by Gasteiger charge is -2.19. The maximum atomic E-state index is 12.6. The van der Waals surface area contributed by atoms with E-state index in [1.165, 1.54) is 0 Å². The molecule has 0 saturated heterocycles. The summed E-state index contributed by atoms with van der Waals surface area (Å²) in [6.07, 6.45) is 2.23. The lowest BCUT2D eigenvalue weighted by atomic mass is 10.1. The lowest BCUT2D eigenvalue weighted by molar-refractivity contribution is -0.122. The van der Waals surface area contributed by atoms with Crippen molar-refractivity contribution >= 4 is 33.3 Å². The van der Waals surface area contributed by atoms with Gasteiger partial charge in [-0.1, -0.05) is 36.7 Å². The number of nitrogens with one attached hydrogen (secondary N) is 2. The van der Waals surface area contributed by atoms with Gasteiger partial charge in [-0.3, -0.25) is 4.79 Å². The third-order valence-electron chi connectivity index (χ3n) is 3.78. The smallest absolute Gasteiger partial charge is 0.238 e. The van der Waals surface area contributed by atoms with Crippen molar-refractivity contribution in [3.05, 3.63) is 58.7 Å². The molecule has 2 rings (SSSR count). The molecule has 1 aromatic carbocycles. The molecule has 0 aliphatic rings. The van der Waals surface area contributed by atoms with Crippen LogP contribution in [0.5, 0.6) is 0 Å². The number of hydrogen-bond acceptors (Lipinski definition) is 5. The van der Waals surface area contributed by atoms with Crippen molar-refractivity contribution in [2.75, 3.05) is 11.5 Å². The van der Waals surface area contributed by atoms with Crippen molar-refractivity contribution in [1.29, 1.82) is 0 Å². The molecule has 27 heavy (non-hydrogen) atoms. The van der Waals surface area contributed by atoms with E-state index < -0.39 is 22.0 Å². The average Bonchev–Trinajstić information content (AvgIpc) is 2.62. The Morgan fingerprint density at radius 1 is 1.19 bits per heavy atom. The maximum absolute atomic E-state index is 12.6. The first kappa shape index (κ1) is 21.1. The number of nitrogen functional groups attached to an aromatic ring is 1. The second-order valence-electron chi connectivity index (χ2n) is 6.13. The van der Waals surface area contributed by atoms with Gasteiger partial charge in [-0.2, -0.15) is 0 Å². The fraction of sp³-hybridized carbons (Fsp3) is 0.333. The lowest BCUT2D eigenvalue weighted by Crippen LogP contribution is -2.48. The first-order valence-electron chi connectivity index (χ1n) is 8.51. The third-order valence-corrected chi connectivity index (χ3v) is 5.62. The van der Waals surface area contributed by atoms with Crippen molar-refractivity contribution in [3.63, 3.8) is 0 Å². The van der Waals surface area contributed by atoms with Crippen LogP contribution in [0, 0.1) is 0 Å². The van der Waals surface area contributed by atoms with Crippen molar-refractivity contribution in [1.82, 2.24) is 15.0 Å². The summed E-state index contributed by atoms with van der Waals surface area (Å²) in [6, 6.07) is 9.39. The SMILES string of the molecule is CCCS(=O)(=O)N[C@@H](Cc1ccc(Cl)cc1)C(=O)NCc1ccc(N)nc1. The van der Waals surface area contributed by atoms with Gasteiger partial charge in [0.25, 0.3) is 0 Å². The van der Waals surface area contributed by atoms with E-state index >= 15 is 0 Å². The summed E-state index contributed by atoms with van der Waals surface area (Å²) < 4.78 is 26.8. The number of carbonyl (C=O) groups is 1. The van der Waals surface area contributed by atoms with Gasteiger partial charge in [0.1, 0.15) is 11.9 Å². The Morgan fingerprint density at radius 2 is 1.85 bits per heavy atom. The van der Waals surface area contributed by atoms with Gasteiger partial charge in [-0.25, -0.2) is 18.1 Å². The van der Waals surface area contributed by atoms with E-state index in [1.807, 2.05) is 0 Å². The van der Waals surface area contributed by atoms with Crippen LogP contribution in [0.4, 0.5) is 5.82 Å². The largest absolute Gasteiger partial charge is 0.384 e. The molecule has 1 amide bonds. The quantitative estimate of drug-likeness (QED) is 0.583. The summed E-state index contributed by atoms with van der Waals surface area (Å²) in [6.45, 7) is 1.99. The predicted molar refractivity (Wildman–Crippen MR) is 107 cm³/mol. The molecule has 2 aromatic rings. The van der Waals surface area contributed by atoms with Gasteiger partial charge in [-0.15, -0.1) is 0 Å². The molecule has 7 nitrogen and oxygen atoms in total. The third kappa shape index (κ3) is 7.16. The van der Waals surface area contributed by atoms with E-state index in [1.54, 1.807) is 49.5 Å². The highest BCUT2D eigenvalue weighted by molar-refractivity contribution is 7.89. The van der Waals surface area contributed by atoms with Crippen LogP contribution < -0.4 is 15.8 Å². The zero-order valence-electron chi connectivity index (χ0n) is 15.0. The Labute approximate surface area is 164 Å². The molecule has 0 aliphatic heterocycles. The first-order valence-corrected chi connectivity index (χ1v) is 10.5. The molecular formula is C18H23ClN4O3S. The summed E-state index contributed by atoms with van der Waals surface area (Å²) in [5.41, 5.74) is 7.10. The molecule has 146 valence electrons. The molecule has 1 heterocycles. The van der Waals surface area contributed by atoms with E-state index in [4.69, 9.17) is 17.3 Å². The number of carbonyl (C=O) groups excluding carboxylic acids is 1. The zero-order chi connectivity index (χ0) is 19.9. The number of aromatic nitrogens is 1. The van der Waals surface area contributed by atoms with Gasteiger partial charge in [0.2, 0.25) is 15.9 Å². The molecule has 0 unspecified atom stereocenters. The molecule has 0 radical (unpaired) electrons. The van der Waals surface area contributed by atoms with Crippen LogP contribution in [-0.2, 0) is 27.8 Å². The number of nitrogens with zero attached hydrogens (tertiary/aromatic N) is 1.